The SMILES string of the molecule is CNCc1cc(NC)cs1. The van der Waals surface area contributed by atoms with Crippen LogP contribution in [0, 0.1) is 0 Å². The van der Waals surface area contributed by atoms with Crippen LogP contribution in [-0.4, -0.2) is 14.1 Å². The summed E-state index contributed by atoms with van der Waals surface area (Å²) in [5.74, 6) is 0. The van der Waals surface area contributed by atoms with E-state index in [0.717, 1.165) is 6.54 Å². The van der Waals surface area contributed by atoms with Crippen LogP contribution in [0.3, 0.4) is 0 Å². The highest BCUT2D eigenvalue weighted by Crippen LogP contribution is 2.17. The molecule has 1 rings (SSSR count). The first kappa shape index (κ1) is 7.57. The molecule has 2 N–H and O–H groups in total. The summed E-state index contributed by atoms with van der Waals surface area (Å²) in [7, 11) is 3.89. The zero-order valence-corrected chi connectivity index (χ0v) is 7.09. The molecule has 0 spiro atoms. The third-order valence-corrected chi connectivity index (χ3v) is 2.23. The van der Waals surface area contributed by atoms with Crippen LogP contribution < -0.4 is 10.6 Å². The molecule has 0 aliphatic carbocycles. The van der Waals surface area contributed by atoms with Gasteiger partial charge in [0.2, 0.25) is 0 Å². The van der Waals surface area contributed by atoms with Crippen molar-refractivity contribution in [2.45, 2.75) is 6.54 Å². The number of nitrogens with one attached hydrogen (secondary N) is 2. The van der Waals surface area contributed by atoms with Gasteiger partial charge in [-0.3, -0.25) is 0 Å². The second-order valence-electron chi connectivity index (χ2n) is 2.08. The summed E-state index contributed by atoms with van der Waals surface area (Å²) in [6.07, 6.45) is 0. The van der Waals surface area contributed by atoms with E-state index in [1.807, 2.05) is 14.1 Å². The minimum atomic E-state index is 0.965. The van der Waals surface area contributed by atoms with Crippen LogP contribution in [0.15, 0.2) is 11.4 Å². The van der Waals surface area contributed by atoms with Gasteiger partial charge in [-0.2, -0.15) is 0 Å². The molecule has 0 aliphatic heterocycles. The van der Waals surface area contributed by atoms with Crippen molar-refractivity contribution in [2.24, 2.45) is 0 Å². The lowest BCUT2D eigenvalue weighted by Crippen LogP contribution is -2.02. The first-order valence-corrected chi connectivity index (χ1v) is 4.14. The van der Waals surface area contributed by atoms with Gasteiger partial charge in [-0.15, -0.1) is 11.3 Å². The predicted octanol–water partition coefficient (Wildman–Crippen LogP) is 1.51. The molecule has 0 unspecified atom stereocenters. The van der Waals surface area contributed by atoms with Gasteiger partial charge >= 0.3 is 0 Å². The zero-order chi connectivity index (χ0) is 7.40. The molecule has 0 bridgehead atoms. The molecular formula is C7H12N2S. The molecule has 0 saturated heterocycles. The molecule has 0 radical (unpaired) electrons. The van der Waals surface area contributed by atoms with Gasteiger partial charge in [0.05, 0.1) is 0 Å². The fourth-order valence-corrected chi connectivity index (χ4v) is 1.67. The lowest BCUT2D eigenvalue weighted by Gasteiger charge is -1.91. The summed E-state index contributed by atoms with van der Waals surface area (Å²) in [5.41, 5.74) is 1.20. The highest BCUT2D eigenvalue weighted by molar-refractivity contribution is 7.10. The monoisotopic (exact) mass is 156 g/mol. The molecule has 0 fully saturated rings. The Hall–Kier alpha value is -0.540. The summed E-state index contributed by atoms with van der Waals surface area (Å²) >= 11 is 1.77. The number of anilines is 1. The summed E-state index contributed by atoms with van der Waals surface area (Å²) in [4.78, 5) is 1.37. The van der Waals surface area contributed by atoms with E-state index >= 15 is 0 Å². The fourth-order valence-electron chi connectivity index (χ4n) is 0.779. The first-order chi connectivity index (χ1) is 4.86. The Morgan fingerprint density at radius 3 is 2.80 bits per heavy atom. The van der Waals surface area contributed by atoms with Crippen molar-refractivity contribution >= 4 is 17.0 Å². The highest BCUT2D eigenvalue weighted by Gasteiger charge is 1.94. The molecule has 3 heteroatoms. The van der Waals surface area contributed by atoms with Crippen LogP contribution in [-0.2, 0) is 6.54 Å². The molecule has 0 aromatic carbocycles. The lowest BCUT2D eigenvalue weighted by molar-refractivity contribution is 0.831. The van der Waals surface area contributed by atoms with E-state index in [4.69, 9.17) is 0 Å². The van der Waals surface area contributed by atoms with E-state index in [0.29, 0.717) is 0 Å². The summed E-state index contributed by atoms with van der Waals surface area (Å²) < 4.78 is 0. The van der Waals surface area contributed by atoms with Crippen molar-refractivity contribution in [1.29, 1.82) is 0 Å². The Kier molecular flexibility index (Phi) is 2.71. The summed E-state index contributed by atoms with van der Waals surface area (Å²) in [5, 5.41) is 8.31. The van der Waals surface area contributed by atoms with Crippen molar-refractivity contribution in [2.75, 3.05) is 19.4 Å². The van der Waals surface area contributed by atoms with Crippen molar-refractivity contribution in [1.82, 2.24) is 5.32 Å². The summed E-state index contributed by atoms with van der Waals surface area (Å²) in [6, 6.07) is 2.15. The highest BCUT2D eigenvalue weighted by atomic mass is 32.1. The Bertz CT molecular complexity index is 195. The van der Waals surface area contributed by atoms with Gasteiger partial charge < -0.3 is 10.6 Å². The molecule has 10 heavy (non-hydrogen) atoms. The standard InChI is InChI=1S/C7H12N2S/c1-8-4-7-3-6(9-2)5-10-7/h3,5,8-9H,4H2,1-2H3. The normalized spacial score (nSPS) is 9.80. The van der Waals surface area contributed by atoms with Gasteiger partial charge in [-0.25, -0.2) is 0 Å². The molecule has 0 saturated carbocycles. The Labute approximate surface area is 65.3 Å². The van der Waals surface area contributed by atoms with E-state index in [1.54, 1.807) is 11.3 Å². The molecule has 2 nitrogen and oxygen atoms in total. The number of hydrogen-bond acceptors (Lipinski definition) is 3. The predicted molar refractivity (Wildman–Crippen MR) is 46.6 cm³/mol. The van der Waals surface area contributed by atoms with Crippen molar-refractivity contribution in [3.8, 4) is 0 Å². The van der Waals surface area contributed by atoms with Gasteiger partial charge in [-0.1, -0.05) is 0 Å². The van der Waals surface area contributed by atoms with Crippen LogP contribution in [0.25, 0.3) is 0 Å². The van der Waals surface area contributed by atoms with Crippen molar-refractivity contribution in [3.63, 3.8) is 0 Å². The molecule has 56 valence electrons. The van der Waals surface area contributed by atoms with Crippen molar-refractivity contribution in [3.05, 3.63) is 16.3 Å². The van der Waals surface area contributed by atoms with Gasteiger partial charge in [-0.05, 0) is 13.1 Å². The molecule has 0 aliphatic rings. The molecule has 0 atom stereocenters. The minimum Gasteiger partial charge on any atom is -0.387 e. The van der Waals surface area contributed by atoms with Crippen LogP contribution in [0.4, 0.5) is 5.69 Å². The number of rotatable bonds is 3. The van der Waals surface area contributed by atoms with E-state index < -0.39 is 0 Å². The Balaban J connectivity index is 2.59. The van der Waals surface area contributed by atoms with Gasteiger partial charge in [0.25, 0.3) is 0 Å². The average Bonchev–Trinajstić information content (AvgIpc) is 2.37. The third-order valence-electron chi connectivity index (χ3n) is 1.29. The minimum absolute atomic E-state index is 0.965. The molecule has 1 aromatic rings. The van der Waals surface area contributed by atoms with E-state index in [-0.39, 0.29) is 0 Å². The smallest absolute Gasteiger partial charge is 0.0449 e. The largest absolute Gasteiger partial charge is 0.387 e. The maximum Gasteiger partial charge on any atom is 0.0449 e. The topological polar surface area (TPSA) is 24.1 Å². The fraction of sp³-hybridized carbons (Fsp3) is 0.429. The van der Waals surface area contributed by atoms with Gasteiger partial charge in [0.15, 0.2) is 0 Å². The Morgan fingerprint density at radius 1 is 1.50 bits per heavy atom. The molecule has 1 aromatic heterocycles. The second kappa shape index (κ2) is 3.58. The van der Waals surface area contributed by atoms with E-state index in [9.17, 15) is 0 Å². The average molecular weight is 156 g/mol. The first-order valence-electron chi connectivity index (χ1n) is 3.26. The molecular weight excluding hydrogens is 144 g/mol. The number of hydrogen-bond donors (Lipinski definition) is 2. The lowest BCUT2D eigenvalue weighted by atomic mass is 10.4. The van der Waals surface area contributed by atoms with Gasteiger partial charge in [0, 0.05) is 29.5 Å². The van der Waals surface area contributed by atoms with Crippen LogP contribution in [0.5, 0.6) is 0 Å². The maximum atomic E-state index is 3.10. The van der Waals surface area contributed by atoms with Crippen LogP contribution in [0.2, 0.25) is 0 Å². The Morgan fingerprint density at radius 2 is 2.30 bits per heavy atom. The zero-order valence-electron chi connectivity index (χ0n) is 6.27. The van der Waals surface area contributed by atoms with Crippen LogP contribution in [0.1, 0.15) is 4.88 Å². The van der Waals surface area contributed by atoms with Crippen molar-refractivity contribution < 1.29 is 0 Å². The summed E-state index contributed by atoms with van der Waals surface area (Å²) in [6.45, 7) is 0.965. The quantitative estimate of drug-likeness (QED) is 0.693. The third kappa shape index (κ3) is 1.72. The van der Waals surface area contributed by atoms with Crippen LogP contribution >= 0.6 is 11.3 Å². The molecule has 0 amide bonds. The molecule has 1 heterocycles. The maximum absolute atomic E-state index is 3.10. The second-order valence-corrected chi connectivity index (χ2v) is 3.08. The number of thiophene rings is 1. The van der Waals surface area contributed by atoms with E-state index in [2.05, 4.69) is 22.1 Å². The van der Waals surface area contributed by atoms with E-state index in [1.165, 1.54) is 10.6 Å². The van der Waals surface area contributed by atoms with Gasteiger partial charge in [0.1, 0.15) is 0 Å².